The normalized spacial score (nSPS) is 23.2. The van der Waals surface area contributed by atoms with E-state index in [0.29, 0.717) is 30.7 Å². The average Bonchev–Trinajstić information content (AvgIpc) is 3.06. The summed E-state index contributed by atoms with van der Waals surface area (Å²) < 4.78 is 6.95. The molecular weight excluding hydrogens is 332 g/mol. The molecule has 2 fully saturated rings. The molecule has 0 aromatic carbocycles. The second-order valence-corrected chi connectivity index (χ2v) is 7.67. The Labute approximate surface area is 152 Å². The Morgan fingerprint density at radius 2 is 2.19 bits per heavy atom. The number of nitrogens with zero attached hydrogens (tertiary/aromatic N) is 5. The Morgan fingerprint density at radius 3 is 2.85 bits per heavy atom. The van der Waals surface area contributed by atoms with Crippen LogP contribution in [-0.4, -0.2) is 56.0 Å². The van der Waals surface area contributed by atoms with Crippen LogP contribution in [0.25, 0.3) is 0 Å². The van der Waals surface area contributed by atoms with Crippen LogP contribution in [0.5, 0.6) is 0 Å². The summed E-state index contributed by atoms with van der Waals surface area (Å²) in [5.41, 5.74) is 0.518. The Hall–Kier alpha value is -2.22. The molecule has 1 saturated heterocycles. The molecule has 1 aliphatic heterocycles. The Bertz CT molecular complexity index is 778. The maximum atomic E-state index is 12.9. The van der Waals surface area contributed by atoms with E-state index in [4.69, 9.17) is 4.74 Å². The molecule has 0 bridgehead atoms. The maximum Gasteiger partial charge on any atom is 0.274 e. The van der Waals surface area contributed by atoms with Crippen LogP contribution in [0.1, 0.15) is 60.8 Å². The van der Waals surface area contributed by atoms with Crippen molar-refractivity contribution in [2.75, 3.05) is 20.2 Å². The minimum absolute atomic E-state index is 0.00482. The predicted octanol–water partition coefficient (Wildman–Crippen LogP) is 1.99. The molecule has 4 rings (SSSR count). The zero-order valence-corrected chi connectivity index (χ0v) is 15.6. The maximum absolute atomic E-state index is 12.9. The van der Waals surface area contributed by atoms with Crippen molar-refractivity contribution in [3.05, 3.63) is 29.6 Å². The van der Waals surface area contributed by atoms with Gasteiger partial charge in [-0.05, 0) is 44.6 Å². The van der Waals surface area contributed by atoms with Crippen molar-refractivity contribution in [1.82, 2.24) is 29.9 Å². The highest BCUT2D eigenvalue weighted by Gasteiger charge is 2.46. The molecule has 2 aromatic rings. The molecule has 0 radical (unpaired) electrons. The summed E-state index contributed by atoms with van der Waals surface area (Å²) >= 11 is 0. The monoisotopic (exact) mass is 358 g/mol. The lowest BCUT2D eigenvalue weighted by Crippen LogP contribution is -2.29. The molecule has 26 heavy (non-hydrogen) atoms. The first-order chi connectivity index (χ1) is 12.6. The topological polar surface area (TPSA) is 88.9 Å². The number of ether oxygens (including phenoxy) is 1. The van der Waals surface area contributed by atoms with Crippen LogP contribution in [0.2, 0.25) is 0 Å². The molecule has 1 N–H and O–H groups in total. The van der Waals surface area contributed by atoms with E-state index in [1.807, 2.05) is 21.8 Å². The van der Waals surface area contributed by atoms with Crippen LogP contribution in [0.3, 0.4) is 0 Å². The van der Waals surface area contributed by atoms with Gasteiger partial charge in [-0.3, -0.25) is 14.6 Å². The third-order valence-electron chi connectivity index (χ3n) is 5.40. The van der Waals surface area contributed by atoms with Crippen LogP contribution in [0.15, 0.2) is 12.3 Å². The fraction of sp³-hybridized carbons (Fsp3) is 0.667. The summed E-state index contributed by atoms with van der Waals surface area (Å²) in [5, 5.41) is 11.8. The highest BCUT2D eigenvalue weighted by molar-refractivity contribution is 5.92. The van der Waals surface area contributed by atoms with E-state index < -0.39 is 0 Å². The SMILES string of the molecule is COCc1nc([C@H]2CN(C(=O)c3ccn(C(C)C)n3)C[C@@H]2C2CC2)n[nH]1. The number of carbonyl (C=O) groups excluding carboxylic acids is 1. The number of hydrogen-bond donors (Lipinski definition) is 1. The third kappa shape index (κ3) is 3.25. The molecule has 2 aliphatic rings. The number of amides is 1. The predicted molar refractivity (Wildman–Crippen MR) is 94.6 cm³/mol. The van der Waals surface area contributed by atoms with Crippen molar-refractivity contribution in [3.63, 3.8) is 0 Å². The van der Waals surface area contributed by atoms with Crippen molar-refractivity contribution in [2.45, 2.75) is 45.3 Å². The van der Waals surface area contributed by atoms with Crippen molar-refractivity contribution in [3.8, 4) is 0 Å². The van der Waals surface area contributed by atoms with Gasteiger partial charge in [-0.2, -0.15) is 10.2 Å². The summed E-state index contributed by atoms with van der Waals surface area (Å²) in [6.45, 7) is 5.94. The van der Waals surface area contributed by atoms with Gasteiger partial charge in [-0.1, -0.05) is 0 Å². The van der Waals surface area contributed by atoms with Crippen LogP contribution < -0.4 is 0 Å². The van der Waals surface area contributed by atoms with E-state index in [1.54, 1.807) is 7.11 Å². The van der Waals surface area contributed by atoms with Gasteiger partial charge in [0.25, 0.3) is 5.91 Å². The smallest absolute Gasteiger partial charge is 0.274 e. The number of rotatable bonds is 6. The van der Waals surface area contributed by atoms with Gasteiger partial charge in [0.05, 0.1) is 0 Å². The third-order valence-corrected chi connectivity index (χ3v) is 5.40. The number of aromatic nitrogens is 5. The fourth-order valence-corrected chi connectivity index (χ4v) is 3.85. The molecule has 8 heteroatoms. The van der Waals surface area contributed by atoms with E-state index >= 15 is 0 Å². The largest absolute Gasteiger partial charge is 0.377 e. The van der Waals surface area contributed by atoms with Crippen LogP contribution in [0, 0.1) is 11.8 Å². The van der Waals surface area contributed by atoms with Crippen molar-refractivity contribution < 1.29 is 9.53 Å². The van der Waals surface area contributed by atoms with Crippen molar-refractivity contribution in [2.24, 2.45) is 11.8 Å². The molecule has 1 amide bonds. The minimum Gasteiger partial charge on any atom is -0.377 e. The zero-order chi connectivity index (χ0) is 18.3. The molecule has 1 saturated carbocycles. The first-order valence-corrected chi connectivity index (χ1v) is 9.31. The van der Waals surface area contributed by atoms with E-state index in [2.05, 4.69) is 34.1 Å². The lowest BCUT2D eigenvalue weighted by atomic mass is 9.91. The van der Waals surface area contributed by atoms with Gasteiger partial charge in [0.2, 0.25) is 0 Å². The second-order valence-electron chi connectivity index (χ2n) is 7.67. The summed E-state index contributed by atoms with van der Waals surface area (Å²) in [4.78, 5) is 19.4. The van der Waals surface area contributed by atoms with Crippen molar-refractivity contribution in [1.29, 1.82) is 0 Å². The molecule has 8 nitrogen and oxygen atoms in total. The summed E-state index contributed by atoms with van der Waals surface area (Å²) in [5.74, 6) is 2.83. The van der Waals surface area contributed by atoms with E-state index in [0.717, 1.165) is 18.2 Å². The summed E-state index contributed by atoms with van der Waals surface area (Å²) in [6.07, 6.45) is 4.34. The van der Waals surface area contributed by atoms with Gasteiger partial charge in [0.1, 0.15) is 12.3 Å². The highest BCUT2D eigenvalue weighted by atomic mass is 16.5. The minimum atomic E-state index is 0.00482. The molecule has 2 aromatic heterocycles. The van der Waals surface area contributed by atoms with Gasteiger partial charge < -0.3 is 9.64 Å². The molecule has 140 valence electrons. The molecule has 3 heterocycles. The quantitative estimate of drug-likeness (QED) is 0.853. The molecule has 0 spiro atoms. The Kier molecular flexibility index (Phi) is 4.52. The van der Waals surface area contributed by atoms with Crippen LogP contribution in [0.4, 0.5) is 0 Å². The number of aromatic amines is 1. The first kappa shape index (κ1) is 17.2. The summed E-state index contributed by atoms with van der Waals surface area (Å²) in [7, 11) is 1.64. The number of methoxy groups -OCH3 is 1. The van der Waals surface area contributed by atoms with Crippen LogP contribution >= 0.6 is 0 Å². The highest BCUT2D eigenvalue weighted by Crippen LogP contribution is 2.47. The lowest BCUT2D eigenvalue weighted by Gasteiger charge is -2.14. The van der Waals surface area contributed by atoms with Crippen molar-refractivity contribution >= 4 is 5.91 Å². The first-order valence-electron chi connectivity index (χ1n) is 9.31. The standard InChI is InChI=1S/C18H26N6O2/c1-11(2)24-7-6-15(22-24)18(25)23-8-13(12-4-5-12)14(9-23)17-19-16(10-26-3)20-21-17/h6-7,11-14H,4-5,8-10H2,1-3H3,(H,19,20,21)/t13-,14+/m1/s1. The van der Waals surface area contributed by atoms with Gasteiger partial charge in [0, 0.05) is 38.4 Å². The number of H-pyrrole nitrogens is 1. The Balaban J connectivity index is 1.52. The van der Waals surface area contributed by atoms with E-state index in [1.165, 1.54) is 12.8 Å². The molecule has 0 unspecified atom stereocenters. The molecular formula is C18H26N6O2. The lowest BCUT2D eigenvalue weighted by molar-refractivity contribution is 0.0777. The number of nitrogens with one attached hydrogen (secondary N) is 1. The second kappa shape index (κ2) is 6.83. The number of hydrogen-bond acceptors (Lipinski definition) is 5. The number of likely N-dealkylation sites (tertiary alicyclic amines) is 1. The van der Waals surface area contributed by atoms with E-state index in [-0.39, 0.29) is 17.9 Å². The van der Waals surface area contributed by atoms with Crippen LogP contribution in [-0.2, 0) is 11.3 Å². The average molecular weight is 358 g/mol. The van der Waals surface area contributed by atoms with E-state index in [9.17, 15) is 4.79 Å². The van der Waals surface area contributed by atoms with Gasteiger partial charge in [0.15, 0.2) is 11.6 Å². The molecule has 1 aliphatic carbocycles. The Morgan fingerprint density at radius 1 is 1.38 bits per heavy atom. The van der Waals surface area contributed by atoms with Gasteiger partial charge in [-0.25, -0.2) is 4.98 Å². The van der Waals surface area contributed by atoms with Gasteiger partial charge >= 0.3 is 0 Å². The molecule has 2 atom stereocenters. The summed E-state index contributed by atoms with van der Waals surface area (Å²) in [6, 6.07) is 2.06. The van der Waals surface area contributed by atoms with Gasteiger partial charge in [-0.15, -0.1) is 0 Å². The number of carbonyl (C=O) groups is 1. The zero-order valence-electron chi connectivity index (χ0n) is 15.6. The fourth-order valence-electron chi connectivity index (χ4n) is 3.85.